The summed E-state index contributed by atoms with van der Waals surface area (Å²) in [6.45, 7) is 4.41. The van der Waals surface area contributed by atoms with Gasteiger partial charge in [0.05, 0.1) is 6.61 Å². The summed E-state index contributed by atoms with van der Waals surface area (Å²) >= 11 is 0. The van der Waals surface area contributed by atoms with E-state index in [-0.39, 0.29) is 18.0 Å². The molecule has 2 heterocycles. The fourth-order valence-electron chi connectivity index (χ4n) is 2.56. The van der Waals surface area contributed by atoms with E-state index in [1.54, 1.807) is 12.1 Å². The van der Waals surface area contributed by atoms with E-state index in [2.05, 4.69) is 0 Å². The molecule has 1 N–H and O–H groups in total. The summed E-state index contributed by atoms with van der Waals surface area (Å²) in [7, 11) is 0. The van der Waals surface area contributed by atoms with Crippen LogP contribution in [0, 0.1) is 0 Å². The molecule has 2 atom stereocenters. The van der Waals surface area contributed by atoms with E-state index >= 15 is 0 Å². The van der Waals surface area contributed by atoms with Gasteiger partial charge in [0.1, 0.15) is 23.7 Å². The zero-order valence-electron chi connectivity index (χ0n) is 10.7. The van der Waals surface area contributed by atoms with E-state index in [1.165, 1.54) is 0 Å². The van der Waals surface area contributed by atoms with Gasteiger partial charge in [-0.2, -0.15) is 0 Å². The van der Waals surface area contributed by atoms with Crippen molar-refractivity contribution < 1.29 is 19.3 Å². The predicted octanol–water partition coefficient (Wildman–Crippen LogP) is 2.24. The van der Waals surface area contributed by atoms with E-state index in [9.17, 15) is 5.11 Å². The first-order chi connectivity index (χ1) is 8.53. The second-order valence-corrected chi connectivity index (χ2v) is 5.35. The van der Waals surface area contributed by atoms with Gasteiger partial charge in [0, 0.05) is 0 Å². The molecule has 4 heteroatoms. The zero-order valence-corrected chi connectivity index (χ0v) is 10.7. The number of hydrogen-bond acceptors (Lipinski definition) is 4. The van der Waals surface area contributed by atoms with Crippen LogP contribution in [0.5, 0.6) is 11.5 Å². The Kier molecular flexibility index (Phi) is 2.72. The molecule has 1 fully saturated rings. The maximum absolute atomic E-state index is 9.43. The Balaban J connectivity index is 1.74. The lowest BCUT2D eigenvalue weighted by molar-refractivity contribution is -0.149. The topological polar surface area (TPSA) is 47.9 Å². The van der Waals surface area contributed by atoms with Crippen LogP contribution in [0.4, 0.5) is 0 Å². The Hall–Kier alpha value is -1.26. The predicted molar refractivity (Wildman–Crippen MR) is 65.7 cm³/mol. The van der Waals surface area contributed by atoms with Crippen LogP contribution < -0.4 is 4.74 Å². The lowest BCUT2D eigenvalue weighted by atomic mass is 9.99. The Bertz CT molecular complexity index is 455. The second-order valence-electron chi connectivity index (χ2n) is 5.35. The highest BCUT2D eigenvalue weighted by atomic mass is 16.7. The normalized spacial score (nSPS) is 29.7. The highest BCUT2D eigenvalue weighted by Crippen LogP contribution is 2.34. The Morgan fingerprint density at radius 2 is 2.11 bits per heavy atom. The first kappa shape index (κ1) is 11.8. The van der Waals surface area contributed by atoms with Gasteiger partial charge >= 0.3 is 0 Å². The molecule has 2 aliphatic heterocycles. The fraction of sp³-hybridized carbons (Fsp3) is 0.571. The minimum absolute atomic E-state index is 0.0121. The van der Waals surface area contributed by atoms with Crippen molar-refractivity contribution in [3.63, 3.8) is 0 Å². The van der Waals surface area contributed by atoms with E-state index in [0.29, 0.717) is 6.61 Å². The first-order valence-corrected chi connectivity index (χ1v) is 6.34. The molecule has 0 unspecified atom stereocenters. The van der Waals surface area contributed by atoms with E-state index < -0.39 is 5.79 Å². The number of aromatic hydroxyl groups is 1. The monoisotopic (exact) mass is 250 g/mol. The van der Waals surface area contributed by atoms with Gasteiger partial charge in [0.15, 0.2) is 5.79 Å². The van der Waals surface area contributed by atoms with Crippen LogP contribution in [0.25, 0.3) is 0 Å². The van der Waals surface area contributed by atoms with Gasteiger partial charge in [-0.3, -0.25) is 0 Å². The van der Waals surface area contributed by atoms with Gasteiger partial charge in [0.25, 0.3) is 0 Å². The highest BCUT2D eigenvalue weighted by molar-refractivity contribution is 5.41. The number of benzene rings is 1. The molecule has 0 amide bonds. The van der Waals surface area contributed by atoms with Crippen molar-refractivity contribution in [1.82, 2.24) is 0 Å². The van der Waals surface area contributed by atoms with Crippen molar-refractivity contribution in [2.45, 2.75) is 44.7 Å². The van der Waals surface area contributed by atoms with Crippen LogP contribution in [0.1, 0.15) is 25.8 Å². The van der Waals surface area contributed by atoms with E-state index in [1.807, 2.05) is 19.9 Å². The van der Waals surface area contributed by atoms with Crippen LogP contribution in [0.2, 0.25) is 0 Å². The number of aryl methyl sites for hydroxylation is 1. The lowest BCUT2D eigenvalue weighted by Gasteiger charge is -2.30. The molecule has 1 aromatic rings. The van der Waals surface area contributed by atoms with Gasteiger partial charge in [-0.25, -0.2) is 0 Å². The average Bonchev–Trinajstić information content (AvgIpc) is 2.69. The number of phenols is 1. The standard InChI is InChI=1S/C14H18O4/c1-14(2)16-8-13(18-14)12-5-3-9-7-10(15)4-6-11(9)17-12/h4,6-7,12-13,15H,3,5,8H2,1-2H3/t12-,13+/m1/s1. The molecule has 3 rings (SSSR count). The fourth-order valence-corrected chi connectivity index (χ4v) is 2.56. The number of hydrogen-bond donors (Lipinski definition) is 1. The molecule has 0 bridgehead atoms. The molecule has 0 radical (unpaired) electrons. The second kappa shape index (κ2) is 4.14. The van der Waals surface area contributed by atoms with Crippen LogP contribution in [0.3, 0.4) is 0 Å². The number of phenolic OH excluding ortho intramolecular Hbond substituents is 1. The van der Waals surface area contributed by atoms with E-state index in [0.717, 1.165) is 24.2 Å². The molecule has 18 heavy (non-hydrogen) atoms. The average molecular weight is 250 g/mol. The minimum atomic E-state index is -0.511. The summed E-state index contributed by atoms with van der Waals surface area (Å²) in [6, 6.07) is 5.23. The van der Waals surface area contributed by atoms with Crippen LogP contribution >= 0.6 is 0 Å². The SMILES string of the molecule is CC1(C)OC[C@@H]([C@H]2CCc3cc(O)ccc3O2)O1. The summed E-state index contributed by atoms with van der Waals surface area (Å²) in [5, 5.41) is 9.43. The van der Waals surface area contributed by atoms with Crippen molar-refractivity contribution >= 4 is 0 Å². The van der Waals surface area contributed by atoms with Crippen molar-refractivity contribution in [2.24, 2.45) is 0 Å². The Labute approximate surface area is 106 Å². The maximum Gasteiger partial charge on any atom is 0.163 e. The molecule has 0 spiro atoms. The van der Waals surface area contributed by atoms with Gasteiger partial charge in [-0.1, -0.05) is 0 Å². The summed E-state index contributed by atoms with van der Waals surface area (Å²) < 4.78 is 17.3. The number of fused-ring (bicyclic) bond motifs is 1. The lowest BCUT2D eigenvalue weighted by Crippen LogP contribution is -2.37. The van der Waals surface area contributed by atoms with Crippen molar-refractivity contribution in [2.75, 3.05) is 6.61 Å². The van der Waals surface area contributed by atoms with Gasteiger partial charge in [-0.05, 0) is 50.5 Å². The molecule has 1 saturated heterocycles. The van der Waals surface area contributed by atoms with Gasteiger partial charge in [-0.15, -0.1) is 0 Å². The van der Waals surface area contributed by atoms with Gasteiger partial charge < -0.3 is 19.3 Å². The third-order valence-corrected chi connectivity index (χ3v) is 3.47. The molecular formula is C14H18O4. The molecule has 0 saturated carbocycles. The summed E-state index contributed by atoms with van der Waals surface area (Å²) in [5.41, 5.74) is 1.06. The van der Waals surface area contributed by atoms with E-state index in [4.69, 9.17) is 14.2 Å². The van der Waals surface area contributed by atoms with Gasteiger partial charge in [0.2, 0.25) is 0 Å². The number of rotatable bonds is 1. The summed E-state index contributed by atoms with van der Waals surface area (Å²) in [6.07, 6.45) is 1.81. The minimum Gasteiger partial charge on any atom is -0.508 e. The van der Waals surface area contributed by atoms with Crippen molar-refractivity contribution in [3.05, 3.63) is 23.8 Å². The van der Waals surface area contributed by atoms with Crippen LogP contribution in [-0.2, 0) is 15.9 Å². The molecule has 98 valence electrons. The van der Waals surface area contributed by atoms with Crippen LogP contribution in [-0.4, -0.2) is 29.7 Å². The van der Waals surface area contributed by atoms with Crippen LogP contribution in [0.15, 0.2) is 18.2 Å². The van der Waals surface area contributed by atoms with Crippen molar-refractivity contribution in [1.29, 1.82) is 0 Å². The molecule has 2 aliphatic rings. The Morgan fingerprint density at radius 3 is 2.83 bits per heavy atom. The first-order valence-electron chi connectivity index (χ1n) is 6.34. The largest absolute Gasteiger partial charge is 0.508 e. The molecule has 4 nitrogen and oxygen atoms in total. The summed E-state index contributed by atoms with van der Waals surface area (Å²) in [5.74, 6) is 0.623. The zero-order chi connectivity index (χ0) is 12.8. The molecular weight excluding hydrogens is 232 g/mol. The molecule has 1 aromatic carbocycles. The quantitative estimate of drug-likeness (QED) is 0.830. The summed E-state index contributed by atoms with van der Waals surface area (Å²) in [4.78, 5) is 0. The van der Waals surface area contributed by atoms with Crippen molar-refractivity contribution in [3.8, 4) is 11.5 Å². The maximum atomic E-state index is 9.43. The molecule has 0 aromatic heterocycles. The third-order valence-electron chi connectivity index (χ3n) is 3.47. The third kappa shape index (κ3) is 2.18. The smallest absolute Gasteiger partial charge is 0.163 e. The molecule has 0 aliphatic carbocycles. The Morgan fingerprint density at radius 1 is 1.28 bits per heavy atom. The highest BCUT2D eigenvalue weighted by Gasteiger charge is 2.39. The number of ether oxygens (including phenoxy) is 3.